The Balaban J connectivity index is 2.07. The lowest BCUT2D eigenvalue weighted by Gasteiger charge is -2.30. The maximum atomic E-state index is 12.2. The zero-order valence-electron chi connectivity index (χ0n) is 10.1. The van der Waals surface area contributed by atoms with Crippen molar-refractivity contribution in [2.24, 2.45) is 0 Å². The van der Waals surface area contributed by atoms with Gasteiger partial charge < -0.3 is 14.7 Å². The third kappa shape index (κ3) is 2.70. The van der Waals surface area contributed by atoms with E-state index in [-0.39, 0.29) is 16.8 Å². The lowest BCUT2D eigenvalue weighted by Crippen LogP contribution is -2.40. The minimum Gasteiger partial charge on any atom is -0.477 e. The fraction of sp³-hybridized carbons (Fsp3) is 0.500. The molecule has 1 N–H and O–H groups in total. The average molecular weight is 269 g/mol. The van der Waals surface area contributed by atoms with Crippen LogP contribution in [-0.2, 0) is 4.74 Å². The van der Waals surface area contributed by atoms with Crippen LogP contribution >= 0.6 is 11.3 Å². The van der Waals surface area contributed by atoms with Crippen molar-refractivity contribution < 1.29 is 19.4 Å². The summed E-state index contributed by atoms with van der Waals surface area (Å²) in [6, 6.07) is 3.23. The van der Waals surface area contributed by atoms with Gasteiger partial charge in [0.25, 0.3) is 5.91 Å². The summed E-state index contributed by atoms with van der Waals surface area (Å²) in [5.41, 5.74) is 0. The van der Waals surface area contributed by atoms with E-state index in [0.717, 1.165) is 24.2 Å². The Morgan fingerprint density at radius 2 is 1.94 bits per heavy atom. The van der Waals surface area contributed by atoms with Gasteiger partial charge in [-0.15, -0.1) is 11.3 Å². The first-order valence-corrected chi connectivity index (χ1v) is 6.59. The zero-order chi connectivity index (χ0) is 13.1. The standard InChI is InChI=1S/C12H15NO4S/c1-13(8-4-6-17-7-5-8)11(14)9-2-3-10(18-9)12(15)16/h2-3,8H,4-7H2,1H3,(H,15,16). The molecule has 1 fully saturated rings. The summed E-state index contributed by atoms with van der Waals surface area (Å²) in [6.07, 6.45) is 1.67. The molecule has 1 aliphatic rings. The molecule has 0 atom stereocenters. The molecular weight excluding hydrogens is 254 g/mol. The molecule has 0 spiro atoms. The van der Waals surface area contributed by atoms with E-state index in [1.54, 1.807) is 18.0 Å². The van der Waals surface area contributed by atoms with Gasteiger partial charge in [-0.05, 0) is 25.0 Å². The Bertz CT molecular complexity index is 451. The molecule has 1 aliphatic heterocycles. The Morgan fingerprint density at radius 1 is 1.33 bits per heavy atom. The van der Waals surface area contributed by atoms with Gasteiger partial charge in [0.15, 0.2) is 0 Å². The highest BCUT2D eigenvalue weighted by atomic mass is 32.1. The fourth-order valence-electron chi connectivity index (χ4n) is 1.98. The van der Waals surface area contributed by atoms with Crippen LogP contribution in [0, 0.1) is 0 Å². The number of carboxylic acid groups (broad SMARTS) is 1. The van der Waals surface area contributed by atoms with Gasteiger partial charge in [0.1, 0.15) is 4.88 Å². The van der Waals surface area contributed by atoms with Crippen LogP contribution in [0.2, 0.25) is 0 Å². The van der Waals surface area contributed by atoms with E-state index in [9.17, 15) is 9.59 Å². The van der Waals surface area contributed by atoms with Gasteiger partial charge in [0, 0.05) is 26.3 Å². The van der Waals surface area contributed by atoms with E-state index in [4.69, 9.17) is 9.84 Å². The van der Waals surface area contributed by atoms with Crippen LogP contribution < -0.4 is 0 Å². The number of hydrogen-bond acceptors (Lipinski definition) is 4. The summed E-state index contributed by atoms with van der Waals surface area (Å²) in [6.45, 7) is 1.35. The summed E-state index contributed by atoms with van der Waals surface area (Å²) in [4.78, 5) is 25.3. The monoisotopic (exact) mass is 269 g/mol. The van der Waals surface area contributed by atoms with Crippen LogP contribution in [-0.4, -0.2) is 48.2 Å². The van der Waals surface area contributed by atoms with Crippen LogP contribution in [0.25, 0.3) is 0 Å². The molecule has 6 heteroatoms. The molecule has 18 heavy (non-hydrogen) atoms. The van der Waals surface area contributed by atoms with Crippen LogP contribution in [0.3, 0.4) is 0 Å². The minimum absolute atomic E-state index is 0.112. The maximum absolute atomic E-state index is 12.2. The summed E-state index contributed by atoms with van der Waals surface area (Å²) in [7, 11) is 1.76. The van der Waals surface area contributed by atoms with E-state index in [2.05, 4.69) is 0 Å². The number of carbonyl (C=O) groups is 2. The number of thiophene rings is 1. The molecule has 98 valence electrons. The normalized spacial score (nSPS) is 16.5. The van der Waals surface area contributed by atoms with E-state index >= 15 is 0 Å². The van der Waals surface area contributed by atoms with E-state index in [0.29, 0.717) is 18.1 Å². The molecule has 5 nitrogen and oxygen atoms in total. The predicted molar refractivity (Wildman–Crippen MR) is 67.2 cm³/mol. The average Bonchev–Trinajstić information content (AvgIpc) is 2.88. The predicted octanol–water partition coefficient (Wildman–Crippen LogP) is 1.70. The molecule has 2 rings (SSSR count). The molecule has 0 unspecified atom stereocenters. The SMILES string of the molecule is CN(C(=O)c1ccc(C(=O)O)s1)C1CCOCC1. The molecule has 0 aliphatic carbocycles. The number of ether oxygens (including phenoxy) is 1. The van der Waals surface area contributed by atoms with Crippen molar-refractivity contribution >= 4 is 23.2 Å². The number of hydrogen-bond donors (Lipinski definition) is 1. The third-order valence-electron chi connectivity index (χ3n) is 3.09. The van der Waals surface area contributed by atoms with Crippen molar-refractivity contribution in [1.29, 1.82) is 0 Å². The van der Waals surface area contributed by atoms with Crippen molar-refractivity contribution in [2.45, 2.75) is 18.9 Å². The second-order valence-electron chi connectivity index (χ2n) is 4.23. The molecular formula is C12H15NO4S. The van der Waals surface area contributed by atoms with Crippen molar-refractivity contribution in [3.63, 3.8) is 0 Å². The number of carboxylic acids is 1. The highest BCUT2D eigenvalue weighted by molar-refractivity contribution is 7.15. The van der Waals surface area contributed by atoms with Crippen LogP contribution in [0.5, 0.6) is 0 Å². The third-order valence-corrected chi connectivity index (χ3v) is 4.15. The van der Waals surface area contributed by atoms with Gasteiger partial charge in [-0.25, -0.2) is 4.79 Å². The van der Waals surface area contributed by atoms with Crippen LogP contribution in [0.15, 0.2) is 12.1 Å². The second kappa shape index (κ2) is 5.49. The first-order chi connectivity index (χ1) is 8.59. The highest BCUT2D eigenvalue weighted by Gasteiger charge is 2.24. The first kappa shape index (κ1) is 13.0. The maximum Gasteiger partial charge on any atom is 0.345 e. The quantitative estimate of drug-likeness (QED) is 0.907. The number of carbonyl (C=O) groups excluding carboxylic acids is 1. The first-order valence-electron chi connectivity index (χ1n) is 5.77. The Morgan fingerprint density at radius 3 is 2.50 bits per heavy atom. The van der Waals surface area contributed by atoms with E-state index in [1.807, 2.05) is 0 Å². The smallest absolute Gasteiger partial charge is 0.345 e. The molecule has 0 bridgehead atoms. The summed E-state index contributed by atoms with van der Waals surface area (Å²) in [5, 5.41) is 8.84. The van der Waals surface area contributed by atoms with Gasteiger partial charge in [0.2, 0.25) is 0 Å². The van der Waals surface area contributed by atoms with Gasteiger partial charge in [-0.1, -0.05) is 0 Å². The molecule has 1 aromatic heterocycles. The van der Waals surface area contributed by atoms with Crippen molar-refractivity contribution in [2.75, 3.05) is 20.3 Å². The molecule has 1 saturated heterocycles. The molecule has 0 saturated carbocycles. The molecule has 2 heterocycles. The van der Waals surface area contributed by atoms with Crippen LogP contribution in [0.4, 0.5) is 0 Å². The van der Waals surface area contributed by atoms with Crippen molar-refractivity contribution in [1.82, 2.24) is 4.90 Å². The van der Waals surface area contributed by atoms with E-state index in [1.165, 1.54) is 6.07 Å². The van der Waals surface area contributed by atoms with Gasteiger partial charge >= 0.3 is 5.97 Å². The fourth-order valence-corrected chi connectivity index (χ4v) is 2.81. The lowest BCUT2D eigenvalue weighted by molar-refractivity contribution is 0.0364. The number of aromatic carboxylic acids is 1. The summed E-state index contributed by atoms with van der Waals surface area (Å²) < 4.78 is 5.26. The molecule has 0 radical (unpaired) electrons. The molecule has 1 amide bonds. The Hall–Kier alpha value is -1.40. The highest BCUT2D eigenvalue weighted by Crippen LogP contribution is 2.21. The number of amides is 1. The van der Waals surface area contributed by atoms with Gasteiger partial charge in [0.05, 0.1) is 4.88 Å². The van der Waals surface area contributed by atoms with Crippen molar-refractivity contribution in [3.8, 4) is 0 Å². The lowest BCUT2D eigenvalue weighted by atomic mass is 10.1. The van der Waals surface area contributed by atoms with Crippen LogP contribution in [0.1, 0.15) is 32.2 Å². The largest absolute Gasteiger partial charge is 0.477 e. The second-order valence-corrected chi connectivity index (χ2v) is 5.31. The number of rotatable bonds is 3. The molecule has 0 aromatic carbocycles. The van der Waals surface area contributed by atoms with Gasteiger partial charge in [-0.2, -0.15) is 0 Å². The van der Waals surface area contributed by atoms with Crippen molar-refractivity contribution in [3.05, 3.63) is 21.9 Å². The molecule has 1 aromatic rings. The number of nitrogens with zero attached hydrogens (tertiary/aromatic N) is 1. The van der Waals surface area contributed by atoms with Gasteiger partial charge in [-0.3, -0.25) is 4.79 Å². The minimum atomic E-state index is -0.993. The Kier molecular flexibility index (Phi) is 3.98. The Labute approximate surface area is 109 Å². The van der Waals surface area contributed by atoms with E-state index < -0.39 is 5.97 Å². The topological polar surface area (TPSA) is 66.8 Å². The summed E-state index contributed by atoms with van der Waals surface area (Å²) >= 11 is 1.02. The summed E-state index contributed by atoms with van der Waals surface area (Å²) in [5.74, 6) is -1.10. The zero-order valence-corrected chi connectivity index (χ0v) is 10.9.